The Hall–Kier alpha value is -2.50. The summed E-state index contributed by atoms with van der Waals surface area (Å²) in [5, 5.41) is 2.99. The maximum atomic E-state index is 12.9. The van der Waals surface area contributed by atoms with Gasteiger partial charge in [-0.1, -0.05) is 12.1 Å². The second-order valence-electron chi connectivity index (χ2n) is 6.00. The minimum Gasteiger partial charge on any atom is -0.355 e. The number of aromatic nitrogens is 2. The van der Waals surface area contributed by atoms with Crippen LogP contribution in [0.3, 0.4) is 0 Å². The molecule has 1 saturated heterocycles. The summed E-state index contributed by atoms with van der Waals surface area (Å²) < 4.78 is 12.9. The highest BCUT2D eigenvalue weighted by Gasteiger charge is 2.26. The van der Waals surface area contributed by atoms with E-state index in [4.69, 9.17) is 0 Å². The number of benzene rings is 1. The molecule has 1 atom stereocenters. The van der Waals surface area contributed by atoms with E-state index in [0.717, 1.165) is 24.9 Å². The molecular formula is C18H21FN4O. The van der Waals surface area contributed by atoms with Gasteiger partial charge in [-0.2, -0.15) is 0 Å². The molecule has 0 bridgehead atoms. The Morgan fingerprint density at radius 1 is 1.25 bits per heavy atom. The molecule has 24 heavy (non-hydrogen) atoms. The van der Waals surface area contributed by atoms with Crippen LogP contribution >= 0.6 is 0 Å². The zero-order valence-corrected chi connectivity index (χ0v) is 13.5. The topological polar surface area (TPSA) is 58.1 Å². The van der Waals surface area contributed by atoms with Crippen molar-refractivity contribution >= 4 is 11.9 Å². The standard InChI is InChI=1S/C18H21FN4O/c19-16-6-4-14(5-7-16)8-11-20-17(24)15-3-1-12-23(13-15)18-21-9-2-10-22-18/h2,4-7,9-10,15H,1,3,8,11-13H2,(H,20,24). The highest BCUT2D eigenvalue weighted by atomic mass is 19.1. The number of hydrogen-bond acceptors (Lipinski definition) is 4. The number of rotatable bonds is 5. The van der Waals surface area contributed by atoms with E-state index in [2.05, 4.69) is 20.2 Å². The average molecular weight is 328 g/mol. The van der Waals surface area contributed by atoms with Crippen LogP contribution in [0.1, 0.15) is 18.4 Å². The molecule has 126 valence electrons. The molecule has 0 radical (unpaired) electrons. The van der Waals surface area contributed by atoms with Crippen LogP contribution in [-0.2, 0) is 11.2 Å². The van der Waals surface area contributed by atoms with Crippen LogP contribution in [0.4, 0.5) is 10.3 Å². The van der Waals surface area contributed by atoms with Crippen LogP contribution in [0.15, 0.2) is 42.7 Å². The molecule has 1 N–H and O–H groups in total. The predicted octanol–water partition coefficient (Wildman–Crippen LogP) is 2.19. The number of amides is 1. The summed E-state index contributed by atoms with van der Waals surface area (Å²) in [4.78, 5) is 23.0. The van der Waals surface area contributed by atoms with Crippen molar-refractivity contribution < 1.29 is 9.18 Å². The van der Waals surface area contributed by atoms with Crippen LogP contribution in [0.5, 0.6) is 0 Å². The fraction of sp³-hybridized carbons (Fsp3) is 0.389. The van der Waals surface area contributed by atoms with E-state index in [9.17, 15) is 9.18 Å². The Kier molecular flexibility index (Phi) is 5.36. The van der Waals surface area contributed by atoms with Gasteiger partial charge >= 0.3 is 0 Å². The number of hydrogen-bond donors (Lipinski definition) is 1. The predicted molar refractivity (Wildman–Crippen MR) is 90.1 cm³/mol. The Morgan fingerprint density at radius 2 is 2.00 bits per heavy atom. The lowest BCUT2D eigenvalue weighted by atomic mass is 9.97. The summed E-state index contributed by atoms with van der Waals surface area (Å²) in [6, 6.07) is 8.16. The largest absolute Gasteiger partial charge is 0.355 e. The van der Waals surface area contributed by atoms with E-state index in [-0.39, 0.29) is 17.6 Å². The van der Waals surface area contributed by atoms with E-state index < -0.39 is 0 Å². The normalized spacial score (nSPS) is 17.5. The molecule has 6 heteroatoms. The first kappa shape index (κ1) is 16.4. The van der Waals surface area contributed by atoms with Crippen LogP contribution < -0.4 is 10.2 Å². The second-order valence-corrected chi connectivity index (χ2v) is 6.00. The molecule has 1 aromatic heterocycles. The van der Waals surface area contributed by atoms with Crippen LogP contribution in [-0.4, -0.2) is 35.5 Å². The van der Waals surface area contributed by atoms with E-state index >= 15 is 0 Å². The molecular weight excluding hydrogens is 307 g/mol. The lowest BCUT2D eigenvalue weighted by molar-refractivity contribution is -0.125. The lowest BCUT2D eigenvalue weighted by Gasteiger charge is -2.31. The Bertz CT molecular complexity index is 662. The Morgan fingerprint density at radius 3 is 2.75 bits per heavy atom. The van der Waals surface area contributed by atoms with Crippen LogP contribution in [0.2, 0.25) is 0 Å². The van der Waals surface area contributed by atoms with Crippen molar-refractivity contribution in [2.75, 3.05) is 24.5 Å². The quantitative estimate of drug-likeness (QED) is 0.914. The molecule has 0 aliphatic carbocycles. The van der Waals surface area contributed by atoms with Gasteiger partial charge in [-0.3, -0.25) is 4.79 Å². The molecule has 1 fully saturated rings. The summed E-state index contributed by atoms with van der Waals surface area (Å²) in [7, 11) is 0. The SMILES string of the molecule is O=C(NCCc1ccc(F)cc1)C1CCCN(c2ncccn2)C1. The zero-order chi connectivity index (χ0) is 16.8. The summed E-state index contributed by atoms with van der Waals surface area (Å²) >= 11 is 0. The van der Waals surface area contributed by atoms with Gasteiger partial charge < -0.3 is 10.2 Å². The van der Waals surface area contributed by atoms with Gasteiger partial charge in [0, 0.05) is 32.0 Å². The summed E-state index contributed by atoms with van der Waals surface area (Å²) in [6.45, 7) is 2.08. The van der Waals surface area contributed by atoms with Gasteiger partial charge in [0.1, 0.15) is 5.82 Å². The van der Waals surface area contributed by atoms with Gasteiger partial charge in [-0.05, 0) is 43.0 Å². The van der Waals surface area contributed by atoms with E-state index in [1.165, 1.54) is 12.1 Å². The molecule has 0 saturated carbocycles. The van der Waals surface area contributed by atoms with Gasteiger partial charge in [-0.15, -0.1) is 0 Å². The molecule has 5 nitrogen and oxygen atoms in total. The van der Waals surface area contributed by atoms with E-state index in [1.54, 1.807) is 30.6 Å². The fourth-order valence-electron chi connectivity index (χ4n) is 2.95. The number of nitrogens with zero attached hydrogens (tertiary/aromatic N) is 3. The molecule has 0 spiro atoms. The van der Waals surface area contributed by atoms with Crippen molar-refractivity contribution in [1.29, 1.82) is 0 Å². The van der Waals surface area contributed by atoms with Gasteiger partial charge in [0.05, 0.1) is 5.92 Å². The highest BCUT2D eigenvalue weighted by Crippen LogP contribution is 2.20. The van der Waals surface area contributed by atoms with Crippen molar-refractivity contribution in [3.63, 3.8) is 0 Å². The Labute approximate surface area is 140 Å². The molecule has 1 aliphatic heterocycles. The van der Waals surface area contributed by atoms with Gasteiger partial charge in [0.15, 0.2) is 0 Å². The monoisotopic (exact) mass is 328 g/mol. The Balaban J connectivity index is 1.48. The first-order chi connectivity index (χ1) is 11.7. The van der Waals surface area contributed by atoms with Crippen molar-refractivity contribution in [2.24, 2.45) is 5.92 Å². The smallest absolute Gasteiger partial charge is 0.225 e. The summed E-state index contributed by atoms with van der Waals surface area (Å²) in [6.07, 6.45) is 5.97. The molecule has 1 aromatic carbocycles. The third-order valence-electron chi connectivity index (χ3n) is 4.25. The molecule has 3 rings (SSSR count). The minimum atomic E-state index is -0.242. The lowest BCUT2D eigenvalue weighted by Crippen LogP contribution is -2.44. The molecule has 1 aliphatic rings. The van der Waals surface area contributed by atoms with Gasteiger partial charge in [-0.25, -0.2) is 14.4 Å². The molecule has 1 unspecified atom stereocenters. The zero-order valence-electron chi connectivity index (χ0n) is 13.5. The molecule has 2 heterocycles. The number of carbonyl (C=O) groups excluding carboxylic acids is 1. The molecule has 1 amide bonds. The van der Waals surface area contributed by atoms with Gasteiger partial charge in [0.25, 0.3) is 0 Å². The van der Waals surface area contributed by atoms with Gasteiger partial charge in [0.2, 0.25) is 11.9 Å². The number of halogens is 1. The molecule has 2 aromatic rings. The number of anilines is 1. The first-order valence-corrected chi connectivity index (χ1v) is 8.26. The van der Waals surface area contributed by atoms with Crippen molar-refractivity contribution in [3.8, 4) is 0 Å². The van der Waals surface area contributed by atoms with Crippen molar-refractivity contribution in [1.82, 2.24) is 15.3 Å². The summed E-state index contributed by atoms with van der Waals surface area (Å²) in [5.41, 5.74) is 1.01. The van der Waals surface area contributed by atoms with E-state index in [1.807, 2.05) is 0 Å². The maximum Gasteiger partial charge on any atom is 0.225 e. The average Bonchev–Trinajstić information content (AvgIpc) is 2.64. The maximum absolute atomic E-state index is 12.9. The number of piperidine rings is 1. The fourth-order valence-corrected chi connectivity index (χ4v) is 2.95. The summed E-state index contributed by atoms with van der Waals surface area (Å²) in [5.74, 6) is 0.461. The van der Waals surface area contributed by atoms with Crippen LogP contribution in [0, 0.1) is 11.7 Å². The minimum absolute atomic E-state index is 0.0456. The van der Waals surface area contributed by atoms with Crippen molar-refractivity contribution in [3.05, 3.63) is 54.1 Å². The second kappa shape index (κ2) is 7.86. The van der Waals surface area contributed by atoms with E-state index in [0.29, 0.717) is 25.5 Å². The first-order valence-electron chi connectivity index (χ1n) is 8.26. The number of carbonyl (C=O) groups is 1. The number of nitrogens with one attached hydrogen (secondary N) is 1. The van der Waals surface area contributed by atoms with Crippen molar-refractivity contribution in [2.45, 2.75) is 19.3 Å². The third-order valence-corrected chi connectivity index (χ3v) is 4.25. The highest BCUT2D eigenvalue weighted by molar-refractivity contribution is 5.79. The van der Waals surface area contributed by atoms with Crippen LogP contribution in [0.25, 0.3) is 0 Å². The third kappa shape index (κ3) is 4.28.